The molecule has 7 aromatic rings. The van der Waals surface area contributed by atoms with E-state index in [2.05, 4.69) is 160 Å². The molecule has 1 aliphatic rings. The zero-order valence-electron chi connectivity index (χ0n) is 36.4. The molecule has 0 fully saturated rings. The van der Waals surface area contributed by atoms with E-state index in [1.54, 1.807) is 0 Å². The molecule has 5 heteroatoms. The van der Waals surface area contributed by atoms with Crippen LogP contribution in [0.1, 0.15) is 119 Å². The van der Waals surface area contributed by atoms with Crippen LogP contribution in [0.3, 0.4) is 0 Å². The molecule has 2 heterocycles. The maximum Gasteiger partial charge on any atom is 0.165 e. The summed E-state index contributed by atoms with van der Waals surface area (Å²) >= 11 is 0. The maximum atomic E-state index is 5.03. The predicted octanol–water partition coefficient (Wildman–Crippen LogP) is 14.3. The van der Waals surface area contributed by atoms with Crippen LogP contribution in [0.15, 0.2) is 140 Å². The first-order valence-corrected chi connectivity index (χ1v) is 22.3. The minimum atomic E-state index is -0.0293. The van der Waals surface area contributed by atoms with Gasteiger partial charge in [0.2, 0.25) is 0 Å². The molecule has 1 radical (unpaired) electrons. The van der Waals surface area contributed by atoms with Crippen molar-refractivity contribution in [1.29, 1.82) is 0 Å². The van der Waals surface area contributed by atoms with Gasteiger partial charge in [-0.3, -0.25) is 0 Å². The van der Waals surface area contributed by atoms with Gasteiger partial charge in [-0.2, -0.15) is 0 Å². The largest absolute Gasteiger partial charge is 0.304 e. The predicted molar refractivity (Wildman–Crippen MR) is 249 cm³/mol. The van der Waals surface area contributed by atoms with Gasteiger partial charge in [0, 0.05) is 42.8 Å². The van der Waals surface area contributed by atoms with Crippen molar-refractivity contribution in [3.05, 3.63) is 179 Å². The van der Waals surface area contributed by atoms with Gasteiger partial charge in [0.1, 0.15) is 5.82 Å². The number of hydrogen-bond acceptors (Lipinski definition) is 4. The third kappa shape index (κ3) is 10.5. The molecule has 0 spiro atoms. The van der Waals surface area contributed by atoms with Gasteiger partial charge in [0.25, 0.3) is 0 Å². The Balaban J connectivity index is 0.00000561. The number of aryl methyl sites for hydroxylation is 3. The second-order valence-electron chi connectivity index (χ2n) is 17.9. The van der Waals surface area contributed by atoms with Gasteiger partial charge >= 0.3 is 0 Å². The van der Waals surface area contributed by atoms with Gasteiger partial charge in [0.05, 0.1) is 0 Å². The summed E-state index contributed by atoms with van der Waals surface area (Å²) in [5.41, 5.74) is 13.7. The Morgan fingerprint density at radius 2 is 1.10 bits per heavy atom. The molecule has 8 rings (SSSR count). The first-order chi connectivity index (χ1) is 29.3. The monoisotopic (exact) mass is 980 g/mol. The minimum Gasteiger partial charge on any atom is -0.304 e. The Kier molecular flexibility index (Phi) is 14.6. The molecule has 4 nitrogen and oxygen atoms in total. The molecule has 0 N–H and O–H groups in total. The van der Waals surface area contributed by atoms with Gasteiger partial charge in [-0.25, -0.2) is 15.0 Å². The van der Waals surface area contributed by atoms with E-state index in [1.165, 1.54) is 90.3 Å². The number of aromatic nitrogens is 4. The number of nitrogens with zero attached hydrogens (tertiary/aromatic N) is 4. The van der Waals surface area contributed by atoms with Crippen LogP contribution in [0.25, 0.3) is 45.2 Å². The molecular weight excluding hydrogens is 921 g/mol. The van der Waals surface area contributed by atoms with Crippen molar-refractivity contribution in [1.82, 2.24) is 19.9 Å². The average molecular weight is 980 g/mol. The zero-order chi connectivity index (χ0) is 41.4. The molecule has 0 atom stereocenters. The molecule has 1 aliphatic carbocycles. The first kappa shape index (κ1) is 44.0. The van der Waals surface area contributed by atoms with E-state index in [4.69, 9.17) is 19.9 Å². The number of benzene rings is 5. The van der Waals surface area contributed by atoms with Crippen molar-refractivity contribution >= 4 is 0 Å². The van der Waals surface area contributed by atoms with Crippen LogP contribution in [0, 0.1) is 13.0 Å². The van der Waals surface area contributed by atoms with Crippen LogP contribution >= 0.6 is 0 Å². The topological polar surface area (TPSA) is 51.6 Å². The van der Waals surface area contributed by atoms with Crippen LogP contribution in [-0.2, 0) is 43.8 Å². The molecule has 0 aliphatic heterocycles. The number of fused-ring (bicyclic) bond motifs is 3. The fourth-order valence-electron chi connectivity index (χ4n) is 9.26. The van der Waals surface area contributed by atoms with Crippen molar-refractivity contribution in [2.24, 2.45) is 0 Å². The van der Waals surface area contributed by atoms with Gasteiger partial charge < -0.3 is 4.98 Å². The summed E-state index contributed by atoms with van der Waals surface area (Å²) in [5.74, 6) is 2.00. The van der Waals surface area contributed by atoms with Crippen molar-refractivity contribution in [2.45, 2.75) is 116 Å². The standard InChI is InChI=1S/C56H59N4.Ir/c1-41-58-53(44-29-33-47(34-30-44)55(2,3)4)60-54(59-41)46-32-36-52(57-40-46)45-31-35-49-48-27-17-18-28-50(48)56(51(49)39-45,37-19-7-5-11-21-42-23-13-9-14-24-42)38-20-8-6-12-22-43-25-15-10-16-26-43;/h9-10,13-18,23-30,32-36,39-40H,5-8,11-12,19-22,37-38H2,1-4H3;/q-1;. The summed E-state index contributed by atoms with van der Waals surface area (Å²) in [6, 6.07) is 52.2. The van der Waals surface area contributed by atoms with Gasteiger partial charge in [0.15, 0.2) is 11.6 Å². The summed E-state index contributed by atoms with van der Waals surface area (Å²) in [6.07, 6.45) is 16.5. The molecule has 5 aromatic carbocycles. The third-order valence-electron chi connectivity index (χ3n) is 12.6. The second kappa shape index (κ2) is 20.2. The van der Waals surface area contributed by atoms with Crippen LogP contribution in [0.2, 0.25) is 0 Å². The molecule has 61 heavy (non-hydrogen) atoms. The van der Waals surface area contributed by atoms with Crippen molar-refractivity contribution in [2.75, 3.05) is 0 Å². The second-order valence-corrected chi connectivity index (χ2v) is 17.9. The molecule has 0 amide bonds. The van der Waals surface area contributed by atoms with E-state index >= 15 is 0 Å². The van der Waals surface area contributed by atoms with Gasteiger partial charge in [-0.05, 0) is 78.8 Å². The quantitative estimate of drug-likeness (QED) is 0.0674. The third-order valence-corrected chi connectivity index (χ3v) is 12.6. The average Bonchev–Trinajstić information content (AvgIpc) is 3.55. The van der Waals surface area contributed by atoms with Crippen molar-refractivity contribution in [3.63, 3.8) is 0 Å². The van der Waals surface area contributed by atoms with E-state index < -0.39 is 0 Å². The van der Waals surface area contributed by atoms with Crippen LogP contribution < -0.4 is 0 Å². The van der Waals surface area contributed by atoms with E-state index in [9.17, 15) is 0 Å². The van der Waals surface area contributed by atoms with E-state index in [0.29, 0.717) is 17.5 Å². The molecule has 0 unspecified atom stereocenters. The summed E-state index contributed by atoms with van der Waals surface area (Å²) in [6.45, 7) is 8.61. The first-order valence-electron chi connectivity index (χ1n) is 22.3. The fraction of sp³-hybridized carbons (Fsp3) is 0.321. The molecule has 0 saturated carbocycles. The van der Waals surface area contributed by atoms with Gasteiger partial charge in [-0.1, -0.05) is 192 Å². The van der Waals surface area contributed by atoms with E-state index in [0.717, 1.165) is 48.1 Å². The summed E-state index contributed by atoms with van der Waals surface area (Å²) in [7, 11) is 0. The maximum absolute atomic E-state index is 5.03. The normalized spacial score (nSPS) is 12.7. The molecule has 0 bridgehead atoms. The van der Waals surface area contributed by atoms with Crippen molar-refractivity contribution in [3.8, 4) is 45.2 Å². The molecule has 0 saturated heterocycles. The summed E-state index contributed by atoms with van der Waals surface area (Å²) in [5, 5.41) is 0. The molecule has 313 valence electrons. The van der Waals surface area contributed by atoms with Gasteiger partial charge in [-0.15, -0.1) is 29.3 Å². The number of hydrogen-bond donors (Lipinski definition) is 0. The Labute approximate surface area is 378 Å². The smallest absolute Gasteiger partial charge is 0.165 e. The Bertz CT molecular complexity index is 2420. The number of unbranched alkanes of at least 4 members (excludes halogenated alkanes) is 6. The zero-order valence-corrected chi connectivity index (χ0v) is 38.8. The van der Waals surface area contributed by atoms with Crippen LogP contribution in [-0.4, -0.2) is 19.9 Å². The minimum absolute atomic E-state index is 0. The fourth-order valence-corrected chi connectivity index (χ4v) is 9.26. The summed E-state index contributed by atoms with van der Waals surface area (Å²) < 4.78 is 0. The number of rotatable bonds is 17. The van der Waals surface area contributed by atoms with Crippen molar-refractivity contribution < 1.29 is 20.1 Å². The summed E-state index contributed by atoms with van der Waals surface area (Å²) in [4.78, 5) is 19.4. The SMILES string of the molecule is Cc1nc(-c2ccc(C(C)(C)C)cc2)nc(-c2ccc(-c3[c-]cc4c(c3)C(CCCCCCc3ccccc3)(CCCCCCc3ccccc3)c3ccccc3-4)nc2)n1.[Ir]. The Morgan fingerprint density at radius 3 is 1.69 bits per heavy atom. The van der Waals surface area contributed by atoms with Crippen LogP contribution in [0.4, 0.5) is 0 Å². The Hall–Kier alpha value is -5.09. The molecule has 2 aromatic heterocycles. The van der Waals surface area contributed by atoms with Crippen LogP contribution in [0.5, 0.6) is 0 Å². The van der Waals surface area contributed by atoms with E-state index in [-0.39, 0.29) is 30.9 Å². The van der Waals surface area contributed by atoms with E-state index in [1.807, 2.05) is 13.1 Å². The molecular formula is C56H59IrN4-. The number of pyridine rings is 1. The Morgan fingerprint density at radius 1 is 0.541 bits per heavy atom.